The number of unbranched alkanes of at least 4 members (excludes halogenated alkanes) is 2. The maximum Gasteiger partial charge on any atom is 0.219 e. The van der Waals surface area contributed by atoms with Gasteiger partial charge in [-0.15, -0.1) is 0 Å². The molecule has 0 radical (unpaired) electrons. The number of aliphatic hydroxyl groups is 1. The molecule has 2 N–H and O–H groups in total. The van der Waals surface area contributed by atoms with Crippen molar-refractivity contribution in [3.63, 3.8) is 0 Å². The van der Waals surface area contributed by atoms with Gasteiger partial charge in [0.05, 0.1) is 38.1 Å². The molecule has 0 aliphatic heterocycles. The Hall–Kier alpha value is -0.730. The second-order valence-corrected chi connectivity index (χ2v) is 9.74. The Labute approximate surface area is 195 Å². The van der Waals surface area contributed by atoms with Crippen molar-refractivity contribution >= 4 is 5.91 Å². The summed E-state index contributed by atoms with van der Waals surface area (Å²) in [5.74, 6) is 0.803. The zero-order valence-electron chi connectivity index (χ0n) is 20.9. The van der Waals surface area contributed by atoms with E-state index in [1.54, 1.807) is 0 Å². The van der Waals surface area contributed by atoms with E-state index in [1.807, 2.05) is 0 Å². The maximum absolute atomic E-state index is 11.9. The molecule has 1 amide bonds. The highest BCUT2D eigenvalue weighted by atomic mass is 16.5. The third kappa shape index (κ3) is 17.8. The van der Waals surface area contributed by atoms with Gasteiger partial charge in [-0.25, -0.2) is 0 Å². The van der Waals surface area contributed by atoms with E-state index >= 15 is 0 Å². The first-order valence-corrected chi connectivity index (χ1v) is 12.7. The molecule has 0 bridgehead atoms. The average molecular weight is 460 g/mol. The van der Waals surface area contributed by atoms with Gasteiger partial charge >= 0.3 is 0 Å². The lowest BCUT2D eigenvalue weighted by molar-refractivity contribution is -0.121. The fraction of sp³-hybridized carbons (Fsp3) is 0.960. The zero-order chi connectivity index (χ0) is 23.5. The first-order valence-electron chi connectivity index (χ1n) is 12.7. The van der Waals surface area contributed by atoms with E-state index in [0.29, 0.717) is 51.4 Å². The number of carbonyl (C=O) groups is 1. The topological polar surface area (TPSA) is 86.3 Å². The average Bonchev–Trinajstić information content (AvgIpc) is 2.75. The van der Waals surface area contributed by atoms with Gasteiger partial charge in [0.15, 0.2) is 0 Å². The molecule has 1 aliphatic rings. The van der Waals surface area contributed by atoms with Crippen LogP contribution in [0.25, 0.3) is 0 Å². The van der Waals surface area contributed by atoms with Crippen molar-refractivity contribution in [3.05, 3.63) is 0 Å². The second-order valence-electron chi connectivity index (χ2n) is 9.74. The first-order chi connectivity index (χ1) is 15.4. The predicted molar refractivity (Wildman–Crippen MR) is 127 cm³/mol. The summed E-state index contributed by atoms with van der Waals surface area (Å²) in [7, 11) is 0. The minimum atomic E-state index is -0.0797. The number of hydrogen-bond donors (Lipinski definition) is 2. The minimum Gasteiger partial charge on any atom is -0.394 e. The summed E-state index contributed by atoms with van der Waals surface area (Å²) in [4.78, 5) is 11.9. The summed E-state index contributed by atoms with van der Waals surface area (Å²) in [5.41, 5.74) is -0.0797. The molecule has 0 spiro atoms. The third-order valence-corrected chi connectivity index (χ3v) is 5.59. The van der Waals surface area contributed by atoms with Crippen molar-refractivity contribution in [2.24, 2.45) is 5.92 Å². The molecule has 32 heavy (non-hydrogen) atoms. The largest absolute Gasteiger partial charge is 0.394 e. The van der Waals surface area contributed by atoms with E-state index in [4.69, 9.17) is 24.1 Å². The monoisotopic (exact) mass is 459 g/mol. The smallest absolute Gasteiger partial charge is 0.219 e. The number of carbonyl (C=O) groups excluding carboxylic acids is 1. The van der Waals surface area contributed by atoms with Crippen LogP contribution in [0.15, 0.2) is 0 Å². The van der Waals surface area contributed by atoms with Gasteiger partial charge in [-0.1, -0.05) is 19.3 Å². The highest BCUT2D eigenvalue weighted by molar-refractivity contribution is 5.75. The van der Waals surface area contributed by atoms with Crippen LogP contribution in [0, 0.1) is 5.92 Å². The van der Waals surface area contributed by atoms with Crippen LogP contribution in [0.5, 0.6) is 0 Å². The Morgan fingerprint density at radius 1 is 0.938 bits per heavy atom. The van der Waals surface area contributed by atoms with Gasteiger partial charge in [0.2, 0.25) is 5.91 Å². The summed E-state index contributed by atoms with van der Waals surface area (Å²) < 4.78 is 22.6. The van der Waals surface area contributed by atoms with Crippen molar-refractivity contribution in [2.45, 2.75) is 96.7 Å². The Balaban J connectivity index is 1.90. The lowest BCUT2D eigenvalue weighted by Gasteiger charge is -2.29. The highest BCUT2D eigenvalue weighted by Gasteiger charge is 2.22. The molecule has 0 aromatic rings. The number of hydrogen-bond acceptors (Lipinski definition) is 6. The number of rotatable bonds is 19. The van der Waals surface area contributed by atoms with Crippen molar-refractivity contribution in [2.75, 3.05) is 52.8 Å². The molecule has 1 rings (SSSR count). The van der Waals surface area contributed by atoms with Crippen molar-refractivity contribution in [1.29, 1.82) is 0 Å². The molecule has 7 nitrogen and oxygen atoms in total. The Bertz CT molecular complexity index is 454. The molecule has 2 unspecified atom stereocenters. The Morgan fingerprint density at radius 3 is 2.53 bits per heavy atom. The number of amides is 1. The van der Waals surface area contributed by atoms with Crippen LogP contribution < -0.4 is 5.32 Å². The summed E-state index contributed by atoms with van der Waals surface area (Å²) >= 11 is 0. The molecule has 0 heterocycles. The van der Waals surface area contributed by atoms with Crippen molar-refractivity contribution in [3.8, 4) is 0 Å². The number of ether oxygens (including phenoxy) is 4. The fourth-order valence-electron chi connectivity index (χ4n) is 3.88. The molecule has 190 valence electrons. The van der Waals surface area contributed by atoms with Crippen LogP contribution in [-0.2, 0) is 23.7 Å². The molecule has 1 fully saturated rings. The van der Waals surface area contributed by atoms with Gasteiger partial charge < -0.3 is 29.4 Å². The predicted octanol–water partition coefficient (Wildman–Crippen LogP) is 3.86. The lowest BCUT2D eigenvalue weighted by atomic mass is 9.85. The summed E-state index contributed by atoms with van der Waals surface area (Å²) in [6.07, 6.45) is 10.5. The Morgan fingerprint density at radius 2 is 1.75 bits per heavy atom. The fourth-order valence-corrected chi connectivity index (χ4v) is 3.88. The Kier molecular flexibility index (Phi) is 17.1. The van der Waals surface area contributed by atoms with Crippen LogP contribution >= 0.6 is 0 Å². The van der Waals surface area contributed by atoms with Crippen LogP contribution in [0.1, 0.15) is 85.0 Å². The van der Waals surface area contributed by atoms with E-state index in [1.165, 1.54) is 12.8 Å². The number of aliphatic hydroxyl groups excluding tert-OH is 1. The van der Waals surface area contributed by atoms with Gasteiger partial charge in [0, 0.05) is 32.8 Å². The summed E-state index contributed by atoms with van der Waals surface area (Å²) in [5, 5.41) is 11.7. The van der Waals surface area contributed by atoms with Crippen LogP contribution in [0.3, 0.4) is 0 Å². The molecule has 1 saturated carbocycles. The molecular weight excluding hydrogens is 410 g/mol. The van der Waals surface area contributed by atoms with Gasteiger partial charge in [-0.05, 0) is 65.2 Å². The quantitative estimate of drug-likeness (QED) is 0.285. The zero-order valence-corrected chi connectivity index (χ0v) is 20.9. The first kappa shape index (κ1) is 29.3. The van der Waals surface area contributed by atoms with Crippen LogP contribution in [-0.4, -0.2) is 75.5 Å². The van der Waals surface area contributed by atoms with E-state index in [9.17, 15) is 4.79 Å². The van der Waals surface area contributed by atoms with E-state index in [0.717, 1.165) is 58.2 Å². The maximum atomic E-state index is 11.9. The number of nitrogens with one attached hydrogen (secondary N) is 1. The summed E-state index contributed by atoms with van der Waals surface area (Å²) in [6.45, 7) is 10.7. The van der Waals surface area contributed by atoms with E-state index in [-0.39, 0.29) is 18.1 Å². The molecule has 0 saturated heterocycles. The van der Waals surface area contributed by atoms with Gasteiger partial charge in [0.25, 0.3) is 0 Å². The minimum absolute atomic E-state index is 0.0616. The van der Waals surface area contributed by atoms with Crippen molar-refractivity contribution in [1.82, 2.24) is 5.32 Å². The molecular formula is C25H49NO6. The van der Waals surface area contributed by atoms with Gasteiger partial charge in [0.1, 0.15) is 0 Å². The van der Waals surface area contributed by atoms with Gasteiger partial charge in [-0.2, -0.15) is 0 Å². The normalized spacial score (nSPS) is 19.2. The molecule has 0 aromatic heterocycles. The molecule has 7 heteroatoms. The SMILES string of the molecule is CC(C)(C)OCCCCCC(=O)NCCCOCCC1CCCC(OCCOCCO)C1. The van der Waals surface area contributed by atoms with E-state index < -0.39 is 0 Å². The third-order valence-electron chi connectivity index (χ3n) is 5.59. The lowest BCUT2D eigenvalue weighted by Crippen LogP contribution is -2.26. The summed E-state index contributed by atoms with van der Waals surface area (Å²) in [6, 6.07) is 0. The second kappa shape index (κ2) is 18.7. The van der Waals surface area contributed by atoms with Crippen LogP contribution in [0.2, 0.25) is 0 Å². The standard InChI is InChI=1S/C25H49NO6/c1-25(2,3)32-16-6-4-5-11-24(28)26-13-8-15-29-17-12-22-9-7-10-23(21-22)31-20-19-30-18-14-27/h22-23,27H,4-21H2,1-3H3,(H,26,28). The van der Waals surface area contributed by atoms with Crippen LogP contribution in [0.4, 0.5) is 0 Å². The van der Waals surface area contributed by atoms with Gasteiger partial charge in [-0.3, -0.25) is 4.79 Å². The van der Waals surface area contributed by atoms with Crippen molar-refractivity contribution < 1.29 is 28.8 Å². The molecule has 1 aliphatic carbocycles. The highest BCUT2D eigenvalue weighted by Crippen LogP contribution is 2.28. The van der Waals surface area contributed by atoms with E-state index in [2.05, 4.69) is 26.1 Å². The molecule has 2 atom stereocenters. The molecule has 0 aromatic carbocycles.